The largest absolute Gasteiger partial charge is 0.497 e. The number of hydrogen-bond acceptors (Lipinski definition) is 5. The lowest BCUT2D eigenvalue weighted by atomic mass is 9.85. The van der Waals surface area contributed by atoms with Crippen molar-refractivity contribution >= 4 is 17.7 Å². The molecule has 0 spiro atoms. The van der Waals surface area contributed by atoms with Gasteiger partial charge >= 0.3 is 0 Å². The molecule has 0 aliphatic carbocycles. The van der Waals surface area contributed by atoms with E-state index in [0.717, 1.165) is 29.2 Å². The van der Waals surface area contributed by atoms with Crippen LogP contribution in [0.1, 0.15) is 44.6 Å². The number of ether oxygens (including phenoxy) is 1. The molecule has 1 aromatic heterocycles. The summed E-state index contributed by atoms with van der Waals surface area (Å²) >= 11 is 1.38. The van der Waals surface area contributed by atoms with Crippen molar-refractivity contribution in [2.75, 3.05) is 12.9 Å². The molecule has 7 heteroatoms. The van der Waals surface area contributed by atoms with E-state index in [2.05, 4.69) is 48.4 Å². The number of hydrogen-bond donors (Lipinski definition) is 1. The van der Waals surface area contributed by atoms with Gasteiger partial charge in [-0.25, -0.2) is 0 Å². The van der Waals surface area contributed by atoms with E-state index in [9.17, 15) is 4.79 Å². The van der Waals surface area contributed by atoms with Crippen LogP contribution in [0.2, 0.25) is 0 Å². The predicted octanol–water partition coefficient (Wildman–Crippen LogP) is 4.97. The third-order valence-electron chi connectivity index (χ3n) is 4.81. The van der Waals surface area contributed by atoms with Gasteiger partial charge in [-0.3, -0.25) is 9.36 Å². The minimum atomic E-state index is -0.0319. The number of thioether (sulfide) groups is 1. The molecule has 1 N–H and O–H groups in total. The average molecular weight is 439 g/mol. The van der Waals surface area contributed by atoms with Crippen LogP contribution in [0, 0.1) is 12.3 Å². The summed E-state index contributed by atoms with van der Waals surface area (Å²) in [5, 5.41) is 12.4. The van der Waals surface area contributed by atoms with Crippen molar-refractivity contribution in [2.24, 2.45) is 5.41 Å². The van der Waals surface area contributed by atoms with Crippen molar-refractivity contribution in [1.82, 2.24) is 20.1 Å². The normalized spacial score (nSPS) is 12.4. The molecule has 2 aromatic carbocycles. The number of nitrogens with one attached hydrogen (secondary N) is 1. The smallest absolute Gasteiger partial charge is 0.230 e. The highest BCUT2D eigenvalue weighted by atomic mass is 32.2. The van der Waals surface area contributed by atoms with Crippen LogP contribution in [-0.2, 0) is 4.79 Å². The van der Waals surface area contributed by atoms with Crippen molar-refractivity contribution in [3.05, 3.63) is 66.0 Å². The minimum absolute atomic E-state index is 0.0231. The SMILES string of the molecule is COc1ccc(-n2c(C)nnc2SCC(=O)NC(CC(C)(C)C)c2ccccc2)cc1. The quantitative estimate of drug-likeness (QED) is 0.503. The fourth-order valence-corrected chi connectivity index (χ4v) is 4.19. The number of benzene rings is 2. The van der Waals surface area contributed by atoms with Crippen LogP contribution in [-0.4, -0.2) is 33.5 Å². The first-order valence-corrected chi connectivity index (χ1v) is 11.3. The maximum absolute atomic E-state index is 12.8. The summed E-state index contributed by atoms with van der Waals surface area (Å²) in [5.41, 5.74) is 2.14. The summed E-state index contributed by atoms with van der Waals surface area (Å²) in [6.45, 7) is 8.45. The van der Waals surface area contributed by atoms with E-state index < -0.39 is 0 Å². The third-order valence-corrected chi connectivity index (χ3v) is 5.74. The van der Waals surface area contributed by atoms with Gasteiger partial charge in [-0.05, 0) is 48.6 Å². The molecule has 0 aliphatic rings. The summed E-state index contributed by atoms with van der Waals surface area (Å²) < 4.78 is 7.18. The van der Waals surface area contributed by atoms with Crippen molar-refractivity contribution in [3.63, 3.8) is 0 Å². The summed E-state index contributed by atoms with van der Waals surface area (Å²) in [6.07, 6.45) is 0.856. The number of aromatic nitrogens is 3. The van der Waals surface area contributed by atoms with Gasteiger partial charge in [-0.1, -0.05) is 62.9 Å². The Hall–Kier alpha value is -2.80. The fourth-order valence-electron chi connectivity index (χ4n) is 3.38. The number of nitrogens with zero attached hydrogens (tertiary/aromatic N) is 3. The zero-order valence-electron chi connectivity index (χ0n) is 18.8. The van der Waals surface area contributed by atoms with Gasteiger partial charge in [-0.2, -0.15) is 0 Å². The van der Waals surface area contributed by atoms with Gasteiger partial charge in [-0.15, -0.1) is 10.2 Å². The average Bonchev–Trinajstić information content (AvgIpc) is 3.12. The van der Waals surface area contributed by atoms with E-state index in [-0.39, 0.29) is 23.1 Å². The molecule has 0 radical (unpaired) electrons. The van der Waals surface area contributed by atoms with E-state index in [4.69, 9.17) is 4.74 Å². The number of aryl methyl sites for hydroxylation is 1. The van der Waals surface area contributed by atoms with E-state index in [1.807, 2.05) is 54.0 Å². The fraction of sp³-hybridized carbons (Fsp3) is 0.375. The van der Waals surface area contributed by atoms with Crippen LogP contribution >= 0.6 is 11.8 Å². The lowest BCUT2D eigenvalue weighted by molar-refractivity contribution is -0.119. The zero-order valence-corrected chi connectivity index (χ0v) is 19.6. The van der Waals surface area contributed by atoms with Gasteiger partial charge in [0.1, 0.15) is 11.6 Å². The molecule has 0 bridgehead atoms. The molecule has 6 nitrogen and oxygen atoms in total. The van der Waals surface area contributed by atoms with Gasteiger partial charge in [0, 0.05) is 5.69 Å². The van der Waals surface area contributed by atoms with Crippen molar-refractivity contribution in [1.29, 1.82) is 0 Å². The Morgan fingerprint density at radius 1 is 1.10 bits per heavy atom. The standard InChI is InChI=1S/C24H30N4O2S/c1-17-26-27-23(28(17)19-11-13-20(30-5)14-12-19)31-16-22(29)25-21(15-24(2,3)4)18-9-7-6-8-10-18/h6-14,21H,15-16H2,1-5H3,(H,25,29). The molecule has 1 heterocycles. The highest BCUT2D eigenvalue weighted by molar-refractivity contribution is 7.99. The molecule has 0 aliphatic heterocycles. The van der Waals surface area contributed by atoms with Crippen LogP contribution in [0.4, 0.5) is 0 Å². The van der Waals surface area contributed by atoms with Gasteiger partial charge in [0.05, 0.1) is 18.9 Å². The molecule has 1 amide bonds. The Labute approximate surface area is 188 Å². The molecular weight excluding hydrogens is 408 g/mol. The van der Waals surface area contributed by atoms with E-state index >= 15 is 0 Å². The third kappa shape index (κ3) is 6.34. The molecule has 1 unspecified atom stereocenters. The maximum Gasteiger partial charge on any atom is 0.230 e. The second-order valence-corrected chi connectivity index (χ2v) is 9.59. The van der Waals surface area contributed by atoms with Gasteiger partial charge in [0.25, 0.3) is 0 Å². The summed E-state index contributed by atoms with van der Waals surface area (Å²) in [5.74, 6) is 1.80. The minimum Gasteiger partial charge on any atom is -0.497 e. The molecule has 3 aromatic rings. The monoisotopic (exact) mass is 438 g/mol. The van der Waals surface area contributed by atoms with Crippen LogP contribution < -0.4 is 10.1 Å². The first kappa shape index (κ1) is 22.9. The second-order valence-electron chi connectivity index (χ2n) is 8.65. The molecule has 0 saturated carbocycles. The molecule has 1 atom stereocenters. The van der Waals surface area contributed by atoms with Crippen molar-refractivity contribution < 1.29 is 9.53 Å². The highest BCUT2D eigenvalue weighted by Gasteiger charge is 2.22. The lowest BCUT2D eigenvalue weighted by Gasteiger charge is -2.27. The number of amides is 1. The van der Waals surface area contributed by atoms with Gasteiger partial charge < -0.3 is 10.1 Å². The van der Waals surface area contributed by atoms with Crippen molar-refractivity contribution in [3.8, 4) is 11.4 Å². The van der Waals surface area contributed by atoms with E-state index in [1.165, 1.54) is 11.8 Å². The Morgan fingerprint density at radius 2 is 1.77 bits per heavy atom. The molecule has 0 fully saturated rings. The number of carbonyl (C=O) groups excluding carboxylic acids is 1. The van der Waals surface area contributed by atoms with Gasteiger partial charge in [0.15, 0.2) is 5.16 Å². The Kier molecular flexibility index (Phi) is 7.38. The first-order chi connectivity index (χ1) is 14.8. The van der Waals surface area contributed by atoms with Crippen LogP contribution in [0.5, 0.6) is 5.75 Å². The van der Waals surface area contributed by atoms with Gasteiger partial charge in [0.2, 0.25) is 5.91 Å². The van der Waals surface area contributed by atoms with Crippen LogP contribution in [0.15, 0.2) is 59.8 Å². The van der Waals surface area contributed by atoms with E-state index in [1.54, 1.807) is 7.11 Å². The Balaban J connectivity index is 1.70. The zero-order chi connectivity index (χ0) is 22.4. The van der Waals surface area contributed by atoms with Crippen LogP contribution in [0.3, 0.4) is 0 Å². The first-order valence-electron chi connectivity index (χ1n) is 10.3. The Morgan fingerprint density at radius 3 is 2.39 bits per heavy atom. The molecule has 164 valence electrons. The molecule has 3 rings (SSSR count). The predicted molar refractivity (Wildman–Crippen MR) is 125 cm³/mol. The summed E-state index contributed by atoms with van der Waals surface area (Å²) in [4.78, 5) is 12.8. The Bertz CT molecular complexity index is 995. The summed E-state index contributed by atoms with van der Waals surface area (Å²) in [6, 6.07) is 17.8. The lowest BCUT2D eigenvalue weighted by Crippen LogP contribution is -2.32. The molecule has 0 saturated heterocycles. The highest BCUT2D eigenvalue weighted by Crippen LogP contribution is 2.30. The number of carbonyl (C=O) groups is 1. The van der Waals surface area contributed by atoms with E-state index in [0.29, 0.717) is 5.16 Å². The maximum atomic E-state index is 12.8. The number of methoxy groups -OCH3 is 1. The van der Waals surface area contributed by atoms with Crippen LogP contribution in [0.25, 0.3) is 5.69 Å². The topological polar surface area (TPSA) is 69.0 Å². The molecular formula is C24H30N4O2S. The molecule has 31 heavy (non-hydrogen) atoms. The summed E-state index contributed by atoms with van der Waals surface area (Å²) in [7, 11) is 1.64. The number of rotatable bonds is 8. The second kappa shape index (κ2) is 10.0. The van der Waals surface area contributed by atoms with Crippen molar-refractivity contribution in [2.45, 2.75) is 45.3 Å².